The summed E-state index contributed by atoms with van der Waals surface area (Å²) in [4.78, 5) is 10.5. The molecule has 0 aromatic carbocycles. The van der Waals surface area contributed by atoms with Gasteiger partial charge in [0.05, 0.1) is 19.3 Å². The third-order valence-electron chi connectivity index (χ3n) is 7.68. The van der Waals surface area contributed by atoms with Gasteiger partial charge in [-0.25, -0.2) is 0 Å². The number of hydrogen-bond donors (Lipinski definition) is 8. The zero-order valence-electron chi connectivity index (χ0n) is 25.0. The molecule has 0 aliphatic carbocycles. The molecule has 2 rings (SSSR count). The Kier molecular flexibility index (Phi) is 18.0. The van der Waals surface area contributed by atoms with Crippen molar-refractivity contribution >= 4 is 5.97 Å². The molecule has 8 N–H and O–H groups in total. The number of ether oxygens (including phenoxy) is 4. The van der Waals surface area contributed by atoms with Crippen LogP contribution in [0.15, 0.2) is 24.3 Å². The largest absolute Gasteiger partial charge is 0.481 e. The molecule has 0 spiro atoms. The van der Waals surface area contributed by atoms with Gasteiger partial charge in [0, 0.05) is 6.42 Å². The quantitative estimate of drug-likeness (QED) is 0.0688. The van der Waals surface area contributed by atoms with Crippen molar-refractivity contribution in [1.29, 1.82) is 0 Å². The number of aliphatic carboxylic acids is 1. The van der Waals surface area contributed by atoms with Crippen molar-refractivity contribution < 1.29 is 64.6 Å². The molecule has 13 nitrogen and oxygen atoms in total. The molecule has 0 radical (unpaired) electrons. The van der Waals surface area contributed by atoms with Gasteiger partial charge < -0.3 is 59.8 Å². The van der Waals surface area contributed by atoms with Gasteiger partial charge in [0.2, 0.25) is 0 Å². The van der Waals surface area contributed by atoms with E-state index in [2.05, 4.69) is 24.3 Å². The lowest BCUT2D eigenvalue weighted by Crippen LogP contribution is -2.64. The molecule has 250 valence electrons. The van der Waals surface area contributed by atoms with Gasteiger partial charge in [-0.1, -0.05) is 43.6 Å². The van der Waals surface area contributed by atoms with Gasteiger partial charge in [-0.3, -0.25) is 4.79 Å². The maximum absolute atomic E-state index is 10.7. The Bertz CT molecular complexity index is 822. The van der Waals surface area contributed by atoms with Gasteiger partial charge >= 0.3 is 5.97 Å². The standard InChI is InChI=1S/C30H52O13/c1-19(15-13-11-9-7-5-3-2-4-6-8-10-12-14-16-22(33)34)40-30-28(26(38)24(36)21(18-32)42-30)43-29-27(39)25(37)23(35)20(17-31)41-29/h2-3,7,9,19-21,23-32,35-39H,4-6,8,10-18H2,1H3,(H,33,34)/b3-2-,9-7-/t19-,20+,21+,23+,24+,25-,26-,27+,28+,29-,30+/m0/s1. The van der Waals surface area contributed by atoms with E-state index in [0.29, 0.717) is 6.42 Å². The summed E-state index contributed by atoms with van der Waals surface area (Å²) in [6, 6.07) is 0. The molecular weight excluding hydrogens is 568 g/mol. The highest BCUT2D eigenvalue weighted by Crippen LogP contribution is 2.30. The van der Waals surface area contributed by atoms with Crippen LogP contribution >= 0.6 is 0 Å². The van der Waals surface area contributed by atoms with E-state index in [4.69, 9.17) is 24.1 Å². The van der Waals surface area contributed by atoms with Crippen LogP contribution in [-0.2, 0) is 23.7 Å². The van der Waals surface area contributed by atoms with Crippen LogP contribution in [0, 0.1) is 0 Å². The molecule has 0 aromatic rings. The summed E-state index contributed by atoms with van der Waals surface area (Å²) in [7, 11) is 0. The molecule has 11 atom stereocenters. The van der Waals surface area contributed by atoms with Crippen LogP contribution < -0.4 is 0 Å². The molecule has 2 fully saturated rings. The topological polar surface area (TPSA) is 216 Å². The lowest BCUT2D eigenvalue weighted by Gasteiger charge is -2.46. The number of aliphatic hydroxyl groups excluding tert-OH is 7. The van der Waals surface area contributed by atoms with E-state index in [9.17, 15) is 40.5 Å². The van der Waals surface area contributed by atoms with Crippen molar-refractivity contribution in [2.24, 2.45) is 0 Å². The van der Waals surface area contributed by atoms with Crippen molar-refractivity contribution in [1.82, 2.24) is 0 Å². The SMILES string of the molecule is C[C@@H](CCC/C=C\C/C=C\CCCCCCCC(=O)O)O[C@@H]1O[C@H](CO)[C@@H](O)[C@H](O)[C@H]1O[C@@H]1O[C@H](CO)[C@@H](O)[C@H](O)[C@H]1O. The Hall–Kier alpha value is -1.49. The molecule has 43 heavy (non-hydrogen) atoms. The highest BCUT2D eigenvalue weighted by Gasteiger charge is 2.51. The number of carboxylic acid groups (broad SMARTS) is 1. The van der Waals surface area contributed by atoms with Gasteiger partial charge in [0.15, 0.2) is 12.6 Å². The van der Waals surface area contributed by atoms with E-state index < -0.39 is 80.6 Å². The van der Waals surface area contributed by atoms with Crippen LogP contribution in [0.3, 0.4) is 0 Å². The van der Waals surface area contributed by atoms with E-state index >= 15 is 0 Å². The smallest absolute Gasteiger partial charge is 0.303 e. The molecule has 0 amide bonds. The fourth-order valence-electron chi connectivity index (χ4n) is 5.04. The summed E-state index contributed by atoms with van der Waals surface area (Å²) in [5, 5.41) is 79.2. The first-order chi connectivity index (χ1) is 20.6. The predicted octanol–water partition coefficient (Wildman–Crippen LogP) is 0.504. The fraction of sp³-hybridized carbons (Fsp3) is 0.833. The third-order valence-corrected chi connectivity index (χ3v) is 7.68. The second-order valence-corrected chi connectivity index (χ2v) is 11.3. The molecule has 0 saturated carbocycles. The van der Waals surface area contributed by atoms with Gasteiger partial charge in [-0.2, -0.15) is 0 Å². The lowest BCUT2D eigenvalue weighted by atomic mass is 9.97. The number of unbranched alkanes of at least 4 members (excludes halogenated alkanes) is 6. The summed E-state index contributed by atoms with van der Waals surface area (Å²) < 4.78 is 22.7. The Balaban J connectivity index is 1.75. The zero-order chi connectivity index (χ0) is 31.8. The second-order valence-electron chi connectivity index (χ2n) is 11.3. The number of aliphatic hydroxyl groups is 7. The lowest BCUT2D eigenvalue weighted by molar-refractivity contribution is -0.371. The van der Waals surface area contributed by atoms with Crippen molar-refractivity contribution in [2.75, 3.05) is 13.2 Å². The first-order valence-corrected chi connectivity index (χ1v) is 15.4. The van der Waals surface area contributed by atoms with Crippen molar-refractivity contribution in [2.45, 2.75) is 145 Å². The Morgan fingerprint density at radius 3 is 1.91 bits per heavy atom. The monoisotopic (exact) mass is 620 g/mol. The molecule has 13 heteroatoms. The normalized spacial score (nSPS) is 34.2. The summed E-state index contributed by atoms with van der Waals surface area (Å²) in [5.74, 6) is -0.733. The average Bonchev–Trinajstić information content (AvgIpc) is 2.98. The molecular formula is C30H52O13. The Labute approximate surface area is 253 Å². The van der Waals surface area contributed by atoms with Crippen molar-refractivity contribution in [3.63, 3.8) is 0 Å². The van der Waals surface area contributed by atoms with Crippen LogP contribution in [0.4, 0.5) is 0 Å². The minimum atomic E-state index is -1.72. The summed E-state index contributed by atoms with van der Waals surface area (Å²) >= 11 is 0. The van der Waals surface area contributed by atoms with Gasteiger partial charge in [0.1, 0.15) is 48.8 Å². The minimum Gasteiger partial charge on any atom is -0.481 e. The third kappa shape index (κ3) is 12.8. The molecule has 2 aliphatic heterocycles. The molecule has 0 aromatic heterocycles. The molecule has 2 heterocycles. The van der Waals surface area contributed by atoms with Crippen LogP contribution in [-0.4, -0.2) is 128 Å². The molecule has 2 aliphatic rings. The van der Waals surface area contributed by atoms with Crippen LogP contribution in [0.5, 0.6) is 0 Å². The van der Waals surface area contributed by atoms with Gasteiger partial charge in [-0.15, -0.1) is 0 Å². The van der Waals surface area contributed by atoms with Crippen LogP contribution in [0.25, 0.3) is 0 Å². The first-order valence-electron chi connectivity index (χ1n) is 15.4. The first kappa shape index (κ1) is 37.7. The van der Waals surface area contributed by atoms with E-state index in [-0.39, 0.29) is 12.5 Å². The fourth-order valence-corrected chi connectivity index (χ4v) is 5.04. The van der Waals surface area contributed by atoms with Crippen molar-refractivity contribution in [3.8, 4) is 0 Å². The minimum absolute atomic E-state index is 0.247. The number of hydrogen-bond acceptors (Lipinski definition) is 12. The van der Waals surface area contributed by atoms with E-state index in [1.54, 1.807) is 6.92 Å². The molecule has 2 saturated heterocycles. The number of rotatable bonds is 20. The van der Waals surface area contributed by atoms with Crippen LogP contribution in [0.2, 0.25) is 0 Å². The zero-order valence-corrected chi connectivity index (χ0v) is 25.0. The predicted molar refractivity (Wildman–Crippen MR) is 154 cm³/mol. The second kappa shape index (κ2) is 20.5. The van der Waals surface area contributed by atoms with Crippen molar-refractivity contribution in [3.05, 3.63) is 24.3 Å². The van der Waals surface area contributed by atoms with E-state index in [1.165, 1.54) is 0 Å². The summed E-state index contributed by atoms with van der Waals surface area (Å²) in [5.41, 5.74) is 0. The van der Waals surface area contributed by atoms with E-state index in [0.717, 1.165) is 57.8 Å². The Morgan fingerprint density at radius 1 is 0.721 bits per heavy atom. The maximum Gasteiger partial charge on any atom is 0.303 e. The highest BCUT2D eigenvalue weighted by molar-refractivity contribution is 5.66. The number of allylic oxidation sites excluding steroid dienone is 4. The number of carbonyl (C=O) groups is 1. The van der Waals surface area contributed by atoms with Crippen LogP contribution in [0.1, 0.15) is 77.6 Å². The average molecular weight is 621 g/mol. The number of carboxylic acids is 1. The Morgan fingerprint density at radius 2 is 1.28 bits per heavy atom. The maximum atomic E-state index is 10.7. The van der Waals surface area contributed by atoms with E-state index in [1.807, 2.05) is 0 Å². The summed E-state index contributed by atoms with van der Waals surface area (Å²) in [6.45, 7) is 0.551. The molecule has 0 bridgehead atoms. The highest BCUT2D eigenvalue weighted by atomic mass is 16.8. The van der Waals surface area contributed by atoms with Gasteiger partial charge in [0.25, 0.3) is 0 Å². The van der Waals surface area contributed by atoms with Gasteiger partial charge in [-0.05, 0) is 51.9 Å². The molecule has 0 unspecified atom stereocenters. The summed E-state index contributed by atoms with van der Waals surface area (Å²) in [6.07, 6.45) is 2.64.